The first-order valence-corrected chi connectivity index (χ1v) is 7.71. The molecule has 0 amide bonds. The number of nitrogens with zero attached hydrogens (tertiary/aromatic N) is 2. The van der Waals surface area contributed by atoms with Crippen molar-refractivity contribution in [2.24, 2.45) is 4.99 Å². The van der Waals surface area contributed by atoms with Gasteiger partial charge in [-0.2, -0.15) is 0 Å². The van der Waals surface area contributed by atoms with Crippen LogP contribution in [0.25, 0.3) is 16.9 Å². The van der Waals surface area contributed by atoms with E-state index in [0.29, 0.717) is 6.54 Å². The Balaban J connectivity index is 2.21. The summed E-state index contributed by atoms with van der Waals surface area (Å²) in [5, 5.41) is 11.1. The van der Waals surface area contributed by atoms with Crippen molar-refractivity contribution in [2.45, 2.75) is 0 Å². The standard InChI is InChI=1S/C17H16N2OS/c20-12-11-18-17-19(15-9-5-2-6-10-15)16(13-21-17)14-7-3-1-4-8-14/h1-10,13,20H,11-12H2. The molecule has 106 valence electrons. The van der Waals surface area contributed by atoms with Crippen LogP contribution in [0, 0.1) is 0 Å². The summed E-state index contributed by atoms with van der Waals surface area (Å²) in [5.41, 5.74) is 3.35. The van der Waals surface area contributed by atoms with Crippen molar-refractivity contribution in [3.8, 4) is 16.9 Å². The molecule has 0 saturated carbocycles. The molecule has 1 N–H and O–H groups in total. The van der Waals surface area contributed by atoms with Gasteiger partial charge in [-0.1, -0.05) is 48.5 Å². The molecule has 0 bridgehead atoms. The van der Waals surface area contributed by atoms with Crippen molar-refractivity contribution >= 4 is 11.3 Å². The molecule has 0 fully saturated rings. The summed E-state index contributed by atoms with van der Waals surface area (Å²) < 4.78 is 2.13. The Morgan fingerprint density at radius 3 is 2.29 bits per heavy atom. The number of hydrogen-bond acceptors (Lipinski definition) is 3. The van der Waals surface area contributed by atoms with E-state index in [1.54, 1.807) is 11.3 Å². The highest BCUT2D eigenvalue weighted by molar-refractivity contribution is 7.07. The monoisotopic (exact) mass is 296 g/mol. The van der Waals surface area contributed by atoms with Crippen LogP contribution in [0.2, 0.25) is 0 Å². The second-order valence-corrected chi connectivity index (χ2v) is 5.38. The van der Waals surface area contributed by atoms with E-state index >= 15 is 0 Å². The highest BCUT2D eigenvalue weighted by Gasteiger charge is 2.09. The Morgan fingerprint density at radius 2 is 1.62 bits per heavy atom. The van der Waals surface area contributed by atoms with E-state index in [1.165, 1.54) is 0 Å². The van der Waals surface area contributed by atoms with Crippen LogP contribution >= 0.6 is 11.3 Å². The lowest BCUT2D eigenvalue weighted by Crippen LogP contribution is -2.15. The van der Waals surface area contributed by atoms with Gasteiger partial charge in [0.1, 0.15) is 0 Å². The number of para-hydroxylation sites is 1. The van der Waals surface area contributed by atoms with Gasteiger partial charge in [0.05, 0.1) is 18.8 Å². The lowest BCUT2D eigenvalue weighted by Gasteiger charge is -2.09. The first kappa shape index (κ1) is 13.8. The molecule has 1 aromatic heterocycles. The zero-order valence-electron chi connectivity index (χ0n) is 11.5. The molecule has 3 rings (SSSR count). The number of aliphatic hydroxyl groups excluding tert-OH is 1. The minimum atomic E-state index is 0.0629. The predicted molar refractivity (Wildman–Crippen MR) is 86.6 cm³/mol. The van der Waals surface area contributed by atoms with Crippen LogP contribution in [0.15, 0.2) is 71.0 Å². The Hall–Kier alpha value is -2.17. The largest absolute Gasteiger partial charge is 0.394 e. The summed E-state index contributed by atoms with van der Waals surface area (Å²) in [4.78, 5) is 5.38. The number of rotatable bonds is 4. The van der Waals surface area contributed by atoms with Crippen molar-refractivity contribution in [1.82, 2.24) is 4.57 Å². The zero-order valence-corrected chi connectivity index (χ0v) is 12.3. The van der Waals surface area contributed by atoms with Gasteiger partial charge in [0.25, 0.3) is 0 Å². The van der Waals surface area contributed by atoms with Gasteiger partial charge in [0.15, 0.2) is 4.80 Å². The molecule has 0 saturated heterocycles. The topological polar surface area (TPSA) is 37.5 Å². The summed E-state index contributed by atoms with van der Waals surface area (Å²) in [6.45, 7) is 0.481. The number of benzene rings is 2. The van der Waals surface area contributed by atoms with Crippen molar-refractivity contribution in [1.29, 1.82) is 0 Å². The van der Waals surface area contributed by atoms with Gasteiger partial charge in [-0.3, -0.25) is 9.56 Å². The SMILES string of the molecule is OCCN=c1scc(-c2ccccc2)n1-c1ccccc1. The van der Waals surface area contributed by atoms with Crippen molar-refractivity contribution in [3.05, 3.63) is 70.8 Å². The van der Waals surface area contributed by atoms with Crippen LogP contribution in [-0.4, -0.2) is 22.8 Å². The molecule has 0 unspecified atom stereocenters. The molecule has 21 heavy (non-hydrogen) atoms. The van der Waals surface area contributed by atoms with Gasteiger partial charge < -0.3 is 5.11 Å². The summed E-state index contributed by atoms with van der Waals surface area (Å²) in [6.07, 6.45) is 0. The third-order valence-electron chi connectivity index (χ3n) is 3.14. The summed E-state index contributed by atoms with van der Waals surface area (Å²) in [7, 11) is 0. The third kappa shape index (κ3) is 2.96. The van der Waals surface area contributed by atoms with E-state index in [9.17, 15) is 0 Å². The van der Waals surface area contributed by atoms with E-state index in [-0.39, 0.29) is 6.61 Å². The molecule has 0 aliphatic rings. The molecule has 0 aliphatic carbocycles. The fourth-order valence-corrected chi connectivity index (χ4v) is 3.14. The Labute approximate surface area is 127 Å². The van der Waals surface area contributed by atoms with Crippen LogP contribution in [0.3, 0.4) is 0 Å². The number of thiazole rings is 1. The summed E-state index contributed by atoms with van der Waals surface area (Å²) >= 11 is 1.59. The Morgan fingerprint density at radius 1 is 0.952 bits per heavy atom. The average molecular weight is 296 g/mol. The number of aliphatic hydroxyl groups is 1. The fourth-order valence-electron chi connectivity index (χ4n) is 2.20. The molecule has 0 spiro atoms. The minimum Gasteiger partial charge on any atom is -0.394 e. The molecule has 0 aliphatic heterocycles. The lowest BCUT2D eigenvalue weighted by atomic mass is 10.1. The molecule has 0 radical (unpaired) electrons. The molecule has 2 aromatic carbocycles. The first-order valence-electron chi connectivity index (χ1n) is 6.83. The molecule has 0 atom stereocenters. The minimum absolute atomic E-state index is 0.0629. The zero-order chi connectivity index (χ0) is 14.5. The van der Waals surface area contributed by atoms with E-state index in [0.717, 1.165) is 21.7 Å². The van der Waals surface area contributed by atoms with Gasteiger partial charge in [-0.15, -0.1) is 11.3 Å². The van der Waals surface area contributed by atoms with Crippen molar-refractivity contribution < 1.29 is 5.11 Å². The highest BCUT2D eigenvalue weighted by atomic mass is 32.1. The van der Waals surface area contributed by atoms with E-state index in [4.69, 9.17) is 5.11 Å². The third-order valence-corrected chi connectivity index (χ3v) is 4.00. The Bertz CT molecular complexity index is 760. The first-order chi connectivity index (χ1) is 10.4. The fraction of sp³-hybridized carbons (Fsp3) is 0.118. The van der Waals surface area contributed by atoms with Crippen molar-refractivity contribution in [2.75, 3.05) is 13.2 Å². The maximum Gasteiger partial charge on any atom is 0.189 e. The average Bonchev–Trinajstić information content (AvgIpc) is 2.98. The molecule has 1 heterocycles. The molecular weight excluding hydrogens is 280 g/mol. The quantitative estimate of drug-likeness (QED) is 0.789. The Kier molecular flexibility index (Phi) is 4.28. The lowest BCUT2D eigenvalue weighted by molar-refractivity contribution is 0.305. The molecular formula is C17H16N2OS. The van der Waals surface area contributed by atoms with Crippen LogP contribution in [0.5, 0.6) is 0 Å². The number of hydrogen-bond donors (Lipinski definition) is 1. The molecule has 3 nitrogen and oxygen atoms in total. The van der Waals surface area contributed by atoms with Gasteiger partial charge in [0.2, 0.25) is 0 Å². The summed E-state index contributed by atoms with van der Waals surface area (Å²) in [6, 6.07) is 20.4. The van der Waals surface area contributed by atoms with Crippen molar-refractivity contribution in [3.63, 3.8) is 0 Å². The van der Waals surface area contributed by atoms with Crippen LogP contribution in [0.4, 0.5) is 0 Å². The van der Waals surface area contributed by atoms with Crippen LogP contribution in [0.1, 0.15) is 0 Å². The van der Waals surface area contributed by atoms with Crippen LogP contribution < -0.4 is 4.80 Å². The van der Waals surface area contributed by atoms with E-state index in [2.05, 4.69) is 39.2 Å². The second kappa shape index (κ2) is 6.52. The van der Waals surface area contributed by atoms with E-state index < -0.39 is 0 Å². The highest BCUT2D eigenvalue weighted by Crippen LogP contribution is 2.22. The molecule has 4 heteroatoms. The predicted octanol–water partition coefficient (Wildman–Crippen LogP) is 3.10. The smallest absolute Gasteiger partial charge is 0.189 e. The maximum absolute atomic E-state index is 9.01. The normalized spacial score (nSPS) is 11.8. The number of aromatic nitrogens is 1. The van der Waals surface area contributed by atoms with Gasteiger partial charge in [0, 0.05) is 11.1 Å². The maximum atomic E-state index is 9.01. The van der Waals surface area contributed by atoms with Gasteiger partial charge in [-0.25, -0.2) is 0 Å². The van der Waals surface area contributed by atoms with E-state index in [1.807, 2.05) is 36.4 Å². The van der Waals surface area contributed by atoms with Crippen LogP contribution in [-0.2, 0) is 0 Å². The molecule has 3 aromatic rings. The van der Waals surface area contributed by atoms with Gasteiger partial charge in [-0.05, 0) is 17.7 Å². The van der Waals surface area contributed by atoms with Gasteiger partial charge >= 0.3 is 0 Å². The summed E-state index contributed by atoms with van der Waals surface area (Å²) in [5.74, 6) is 0. The second-order valence-electron chi connectivity index (χ2n) is 4.55.